The topological polar surface area (TPSA) is 41.5 Å². The van der Waals surface area contributed by atoms with Gasteiger partial charge in [0.15, 0.2) is 0 Å². The van der Waals surface area contributed by atoms with Gasteiger partial charge in [-0.15, -0.1) is 0 Å². The minimum absolute atomic E-state index is 0.0146. The number of hydrogen-bond donors (Lipinski definition) is 0. The molecule has 2 saturated heterocycles. The van der Waals surface area contributed by atoms with Crippen LogP contribution in [0, 0.1) is 6.92 Å². The van der Waals surface area contributed by atoms with Gasteiger partial charge in [0.25, 0.3) is 0 Å². The number of para-hydroxylation sites is 1. The molecule has 5 nitrogen and oxygen atoms in total. The highest BCUT2D eigenvalue weighted by Gasteiger charge is 2.24. The molecule has 132 valence electrons. The third-order valence-corrected chi connectivity index (χ3v) is 5.11. The van der Waals surface area contributed by atoms with Crippen LogP contribution in [0.25, 0.3) is 0 Å². The first-order valence-electron chi connectivity index (χ1n) is 9.25. The highest BCUT2D eigenvalue weighted by Crippen LogP contribution is 2.27. The minimum Gasteiger partial charge on any atom is -0.371 e. The van der Waals surface area contributed by atoms with Crippen molar-refractivity contribution < 1.29 is 4.74 Å². The van der Waals surface area contributed by atoms with Crippen molar-refractivity contribution in [2.75, 3.05) is 37.7 Å². The summed E-state index contributed by atoms with van der Waals surface area (Å²) in [5.41, 5.74) is 4.69. The molecule has 1 aromatic heterocycles. The summed E-state index contributed by atoms with van der Waals surface area (Å²) >= 11 is 0. The van der Waals surface area contributed by atoms with E-state index in [0.29, 0.717) is 0 Å². The first kappa shape index (κ1) is 16.5. The molecule has 0 unspecified atom stereocenters. The molecule has 2 aromatic rings. The van der Waals surface area contributed by atoms with Gasteiger partial charge in [-0.2, -0.15) is 0 Å². The van der Waals surface area contributed by atoms with Gasteiger partial charge in [0, 0.05) is 44.6 Å². The molecule has 2 aliphatic heterocycles. The van der Waals surface area contributed by atoms with E-state index in [1.165, 1.54) is 37.2 Å². The smallest absolute Gasteiger partial charge is 0.114 e. The van der Waals surface area contributed by atoms with E-state index in [9.17, 15) is 0 Å². The van der Waals surface area contributed by atoms with Crippen molar-refractivity contribution in [1.82, 2.24) is 14.9 Å². The molecule has 0 aliphatic carbocycles. The Morgan fingerprint density at radius 1 is 1.08 bits per heavy atom. The van der Waals surface area contributed by atoms with Crippen LogP contribution in [0.15, 0.2) is 36.7 Å². The van der Waals surface area contributed by atoms with Crippen LogP contribution < -0.4 is 4.90 Å². The lowest BCUT2D eigenvalue weighted by atomic mass is 10.1. The van der Waals surface area contributed by atoms with Gasteiger partial charge >= 0.3 is 0 Å². The zero-order valence-corrected chi connectivity index (χ0v) is 14.9. The van der Waals surface area contributed by atoms with Crippen LogP contribution in [0.5, 0.6) is 0 Å². The molecular weight excluding hydrogens is 312 g/mol. The second-order valence-corrected chi connectivity index (χ2v) is 7.00. The molecule has 0 saturated carbocycles. The average molecular weight is 338 g/mol. The predicted octanol–water partition coefficient (Wildman–Crippen LogP) is 2.96. The molecule has 3 heterocycles. The van der Waals surface area contributed by atoms with Gasteiger partial charge in [0.05, 0.1) is 24.2 Å². The Balaban J connectivity index is 1.46. The fraction of sp³-hybridized carbons (Fsp3) is 0.500. The molecule has 2 fully saturated rings. The zero-order valence-electron chi connectivity index (χ0n) is 14.9. The van der Waals surface area contributed by atoms with Gasteiger partial charge in [0.1, 0.15) is 6.10 Å². The Morgan fingerprint density at radius 2 is 1.92 bits per heavy atom. The molecule has 4 rings (SSSR count). The van der Waals surface area contributed by atoms with Crippen molar-refractivity contribution in [3.05, 3.63) is 53.6 Å². The van der Waals surface area contributed by atoms with Crippen LogP contribution in [0.4, 0.5) is 5.69 Å². The first-order valence-corrected chi connectivity index (χ1v) is 9.25. The first-order chi connectivity index (χ1) is 12.3. The normalized spacial score (nSPS) is 21.6. The fourth-order valence-electron chi connectivity index (χ4n) is 3.75. The molecule has 1 atom stereocenters. The third kappa shape index (κ3) is 3.83. The maximum atomic E-state index is 5.95. The van der Waals surface area contributed by atoms with Gasteiger partial charge in [-0.05, 0) is 31.4 Å². The largest absolute Gasteiger partial charge is 0.371 e. The number of aryl methyl sites for hydroxylation is 1. The summed E-state index contributed by atoms with van der Waals surface area (Å²) in [6.45, 7) is 7.86. The van der Waals surface area contributed by atoms with E-state index < -0.39 is 0 Å². The Kier molecular flexibility index (Phi) is 4.95. The van der Waals surface area contributed by atoms with E-state index in [4.69, 9.17) is 4.74 Å². The summed E-state index contributed by atoms with van der Waals surface area (Å²) in [5.74, 6) is 0. The lowest BCUT2D eigenvalue weighted by molar-refractivity contribution is -0.0351. The molecule has 0 spiro atoms. The van der Waals surface area contributed by atoms with Crippen LogP contribution >= 0.6 is 0 Å². The highest BCUT2D eigenvalue weighted by molar-refractivity contribution is 5.54. The zero-order chi connectivity index (χ0) is 17.1. The Morgan fingerprint density at radius 3 is 2.72 bits per heavy atom. The molecule has 2 aliphatic rings. The number of benzene rings is 1. The molecule has 25 heavy (non-hydrogen) atoms. The van der Waals surface area contributed by atoms with Crippen molar-refractivity contribution in [1.29, 1.82) is 0 Å². The van der Waals surface area contributed by atoms with Crippen LogP contribution in [0.1, 0.15) is 35.9 Å². The van der Waals surface area contributed by atoms with Crippen LogP contribution in [-0.2, 0) is 11.3 Å². The molecule has 0 radical (unpaired) electrons. The average Bonchev–Trinajstić information content (AvgIpc) is 3.18. The summed E-state index contributed by atoms with van der Waals surface area (Å²) < 4.78 is 5.95. The Labute approximate surface area is 149 Å². The lowest BCUT2D eigenvalue weighted by Crippen LogP contribution is -2.38. The standard InChI is InChI=1S/C20H26N4O/c1-16-12-22-18(13-21-16)20-15-23(10-11-25-20)14-17-6-2-3-7-19(17)24-8-4-5-9-24/h2-3,6-7,12-13,20H,4-5,8-11,14-15H2,1H3/t20-/m0/s1. The summed E-state index contributed by atoms with van der Waals surface area (Å²) in [5, 5.41) is 0. The molecule has 5 heteroatoms. The molecule has 0 bridgehead atoms. The molecular formula is C20H26N4O. The van der Waals surface area contributed by atoms with E-state index in [0.717, 1.165) is 37.6 Å². The van der Waals surface area contributed by atoms with Crippen LogP contribution in [0.2, 0.25) is 0 Å². The van der Waals surface area contributed by atoms with Gasteiger partial charge in [-0.3, -0.25) is 14.9 Å². The monoisotopic (exact) mass is 338 g/mol. The number of anilines is 1. The Hall–Kier alpha value is -1.98. The van der Waals surface area contributed by atoms with Gasteiger partial charge < -0.3 is 9.64 Å². The van der Waals surface area contributed by atoms with E-state index in [-0.39, 0.29) is 6.10 Å². The van der Waals surface area contributed by atoms with Gasteiger partial charge in [-0.25, -0.2) is 0 Å². The van der Waals surface area contributed by atoms with E-state index in [2.05, 4.69) is 44.0 Å². The highest BCUT2D eigenvalue weighted by atomic mass is 16.5. The summed E-state index contributed by atoms with van der Waals surface area (Å²) in [6.07, 6.45) is 6.29. The van der Waals surface area contributed by atoms with Gasteiger partial charge in [-0.1, -0.05) is 18.2 Å². The molecule has 1 aromatic carbocycles. The minimum atomic E-state index is 0.0146. The maximum absolute atomic E-state index is 5.95. The maximum Gasteiger partial charge on any atom is 0.114 e. The van der Waals surface area contributed by atoms with Crippen LogP contribution in [0.3, 0.4) is 0 Å². The SMILES string of the molecule is Cc1cnc([C@@H]2CN(Cc3ccccc3N3CCCC3)CCO2)cn1. The van der Waals surface area contributed by atoms with Crippen molar-refractivity contribution >= 4 is 5.69 Å². The third-order valence-electron chi connectivity index (χ3n) is 5.11. The van der Waals surface area contributed by atoms with E-state index in [1.54, 1.807) is 0 Å². The number of rotatable bonds is 4. The van der Waals surface area contributed by atoms with Crippen molar-refractivity contribution in [3.8, 4) is 0 Å². The summed E-state index contributed by atoms with van der Waals surface area (Å²) in [7, 11) is 0. The number of nitrogens with zero attached hydrogens (tertiary/aromatic N) is 4. The molecule has 0 N–H and O–H groups in total. The molecule has 0 amide bonds. The van der Waals surface area contributed by atoms with Crippen LogP contribution in [-0.4, -0.2) is 47.7 Å². The van der Waals surface area contributed by atoms with E-state index in [1.807, 2.05) is 19.3 Å². The number of ether oxygens (including phenoxy) is 1. The second kappa shape index (κ2) is 7.50. The van der Waals surface area contributed by atoms with Crippen molar-refractivity contribution in [2.45, 2.75) is 32.4 Å². The van der Waals surface area contributed by atoms with Gasteiger partial charge in [0.2, 0.25) is 0 Å². The number of aromatic nitrogens is 2. The number of hydrogen-bond acceptors (Lipinski definition) is 5. The fourth-order valence-corrected chi connectivity index (χ4v) is 3.75. The lowest BCUT2D eigenvalue weighted by Gasteiger charge is -2.33. The number of morpholine rings is 1. The van der Waals surface area contributed by atoms with Crippen molar-refractivity contribution in [3.63, 3.8) is 0 Å². The quantitative estimate of drug-likeness (QED) is 0.857. The predicted molar refractivity (Wildman–Crippen MR) is 98.6 cm³/mol. The van der Waals surface area contributed by atoms with Crippen molar-refractivity contribution in [2.24, 2.45) is 0 Å². The summed E-state index contributed by atoms with van der Waals surface area (Å²) in [4.78, 5) is 13.9. The Bertz CT molecular complexity index is 697. The van der Waals surface area contributed by atoms with E-state index >= 15 is 0 Å². The summed E-state index contributed by atoms with van der Waals surface area (Å²) in [6, 6.07) is 8.84. The second-order valence-electron chi connectivity index (χ2n) is 7.00.